The van der Waals surface area contributed by atoms with E-state index in [9.17, 15) is 13.2 Å². The molecule has 1 aromatic carbocycles. The number of benzene rings is 1. The molecule has 0 saturated carbocycles. The minimum atomic E-state index is -3.63. The van der Waals surface area contributed by atoms with Crippen LogP contribution in [0, 0.1) is 5.92 Å². The van der Waals surface area contributed by atoms with Gasteiger partial charge in [-0.15, -0.1) is 0 Å². The van der Waals surface area contributed by atoms with Crippen molar-refractivity contribution in [3.05, 3.63) is 60.4 Å². The first kappa shape index (κ1) is 17.1. The van der Waals surface area contributed by atoms with Crippen LogP contribution in [-0.2, 0) is 14.6 Å². The summed E-state index contributed by atoms with van der Waals surface area (Å²) >= 11 is 0. The third kappa shape index (κ3) is 4.16. The fraction of sp³-hybridized carbons (Fsp3) is 0.294. The van der Waals surface area contributed by atoms with E-state index in [1.165, 1.54) is 6.20 Å². The van der Waals surface area contributed by atoms with E-state index in [-0.39, 0.29) is 23.3 Å². The van der Waals surface area contributed by atoms with E-state index in [2.05, 4.69) is 10.3 Å². The van der Waals surface area contributed by atoms with E-state index >= 15 is 0 Å². The number of hydrogen-bond donors (Lipinski definition) is 1. The van der Waals surface area contributed by atoms with Crippen molar-refractivity contribution in [1.82, 2.24) is 10.3 Å². The smallest absolute Gasteiger partial charge is 0.222 e. The summed E-state index contributed by atoms with van der Waals surface area (Å²) in [5.41, 5.74) is 0.556. The molecule has 0 radical (unpaired) electrons. The molecule has 1 heterocycles. The summed E-state index contributed by atoms with van der Waals surface area (Å²) in [6.07, 6.45) is 3.11. The van der Waals surface area contributed by atoms with Crippen molar-refractivity contribution >= 4 is 15.7 Å². The van der Waals surface area contributed by atoms with Crippen LogP contribution in [0.2, 0.25) is 0 Å². The highest BCUT2D eigenvalue weighted by atomic mass is 32.2. The first-order chi connectivity index (χ1) is 10.9. The van der Waals surface area contributed by atoms with Crippen LogP contribution < -0.4 is 5.32 Å². The van der Waals surface area contributed by atoms with Gasteiger partial charge in [-0.1, -0.05) is 38.1 Å². The van der Waals surface area contributed by atoms with Gasteiger partial charge in [-0.2, -0.15) is 0 Å². The highest BCUT2D eigenvalue weighted by molar-refractivity contribution is 7.91. The predicted molar refractivity (Wildman–Crippen MR) is 88.5 cm³/mol. The van der Waals surface area contributed by atoms with E-state index < -0.39 is 15.1 Å². The van der Waals surface area contributed by atoms with Crippen molar-refractivity contribution in [1.29, 1.82) is 0 Å². The molecular formula is C17H20N2O3S. The quantitative estimate of drug-likeness (QED) is 0.881. The number of nitrogens with zero attached hydrogens (tertiary/aromatic N) is 1. The lowest BCUT2D eigenvalue weighted by Crippen LogP contribution is -2.34. The van der Waals surface area contributed by atoms with Crippen LogP contribution in [0.5, 0.6) is 0 Å². The monoisotopic (exact) mass is 332 g/mol. The average Bonchev–Trinajstić information content (AvgIpc) is 2.56. The second-order valence-corrected chi connectivity index (χ2v) is 7.66. The second kappa shape index (κ2) is 7.37. The summed E-state index contributed by atoms with van der Waals surface area (Å²) in [5, 5.41) is 1.84. The van der Waals surface area contributed by atoms with Gasteiger partial charge >= 0.3 is 0 Å². The van der Waals surface area contributed by atoms with Crippen LogP contribution in [0.1, 0.15) is 24.7 Å². The van der Waals surface area contributed by atoms with Crippen molar-refractivity contribution in [3.63, 3.8) is 0 Å². The van der Waals surface area contributed by atoms with Gasteiger partial charge in [0.05, 0.1) is 4.90 Å². The van der Waals surface area contributed by atoms with Gasteiger partial charge in [0.15, 0.2) is 9.84 Å². The summed E-state index contributed by atoms with van der Waals surface area (Å²) in [4.78, 5) is 16.0. The number of carbonyl (C=O) groups is 1. The molecule has 0 aliphatic carbocycles. The molecule has 0 aliphatic rings. The summed E-state index contributed by atoms with van der Waals surface area (Å²) in [5.74, 6) is -0.383. The molecule has 0 bridgehead atoms. The van der Waals surface area contributed by atoms with E-state index in [1.54, 1.807) is 62.5 Å². The SMILES string of the molecule is CC(C)C(=O)NCC(c1cccnc1)S(=O)(=O)c1ccccc1. The third-order valence-electron chi connectivity index (χ3n) is 3.49. The van der Waals surface area contributed by atoms with Crippen LogP contribution >= 0.6 is 0 Å². The summed E-state index contributed by atoms with van der Waals surface area (Å²) in [6.45, 7) is 3.54. The number of rotatable bonds is 6. The van der Waals surface area contributed by atoms with Gasteiger partial charge in [0.25, 0.3) is 0 Å². The minimum absolute atomic E-state index is 0.0138. The lowest BCUT2D eigenvalue weighted by atomic mass is 10.2. The summed E-state index contributed by atoms with van der Waals surface area (Å²) in [7, 11) is -3.63. The molecule has 1 aromatic heterocycles. The van der Waals surface area contributed by atoms with E-state index in [1.807, 2.05) is 0 Å². The van der Waals surface area contributed by atoms with Gasteiger partial charge in [0, 0.05) is 24.9 Å². The molecular weight excluding hydrogens is 312 g/mol. The number of hydrogen-bond acceptors (Lipinski definition) is 4. The maximum Gasteiger partial charge on any atom is 0.222 e. The Kier molecular flexibility index (Phi) is 5.50. The largest absolute Gasteiger partial charge is 0.354 e. The maximum absolute atomic E-state index is 12.9. The molecule has 2 aromatic rings. The van der Waals surface area contributed by atoms with E-state index in [0.29, 0.717) is 5.56 Å². The zero-order chi connectivity index (χ0) is 16.9. The molecule has 5 nitrogen and oxygen atoms in total. The van der Waals surface area contributed by atoms with Crippen molar-refractivity contribution in [2.45, 2.75) is 24.0 Å². The van der Waals surface area contributed by atoms with Gasteiger partial charge in [-0.3, -0.25) is 9.78 Å². The molecule has 23 heavy (non-hydrogen) atoms. The number of aromatic nitrogens is 1. The Morgan fingerprint density at radius 3 is 2.39 bits per heavy atom. The standard InChI is InChI=1S/C17H20N2O3S/c1-13(2)17(20)19-12-16(14-7-6-10-18-11-14)23(21,22)15-8-4-3-5-9-15/h3-11,13,16H,12H2,1-2H3,(H,19,20). The Hall–Kier alpha value is -2.21. The van der Waals surface area contributed by atoms with Gasteiger partial charge in [0.1, 0.15) is 5.25 Å². The Morgan fingerprint density at radius 2 is 1.83 bits per heavy atom. The Bertz CT molecular complexity index is 744. The summed E-state index contributed by atoms with van der Waals surface area (Å²) in [6, 6.07) is 11.6. The van der Waals surface area contributed by atoms with Crippen molar-refractivity contribution in [2.24, 2.45) is 5.92 Å². The topological polar surface area (TPSA) is 76.1 Å². The fourth-order valence-electron chi connectivity index (χ4n) is 2.14. The molecule has 0 spiro atoms. The maximum atomic E-state index is 12.9. The van der Waals surface area contributed by atoms with Crippen LogP contribution in [0.3, 0.4) is 0 Å². The molecule has 1 N–H and O–H groups in total. The molecule has 0 aliphatic heterocycles. The molecule has 122 valence electrons. The number of nitrogens with one attached hydrogen (secondary N) is 1. The van der Waals surface area contributed by atoms with E-state index in [0.717, 1.165) is 0 Å². The lowest BCUT2D eigenvalue weighted by Gasteiger charge is -2.19. The van der Waals surface area contributed by atoms with Crippen molar-refractivity contribution in [3.8, 4) is 0 Å². The Labute approximate surface area is 136 Å². The van der Waals surface area contributed by atoms with Crippen molar-refractivity contribution < 1.29 is 13.2 Å². The Balaban J connectivity index is 2.36. The molecule has 0 fully saturated rings. The highest BCUT2D eigenvalue weighted by Crippen LogP contribution is 2.27. The normalized spacial score (nSPS) is 12.8. The number of amides is 1. The molecule has 0 saturated heterocycles. The number of pyridine rings is 1. The fourth-order valence-corrected chi connectivity index (χ4v) is 3.81. The predicted octanol–water partition coefficient (Wildman–Crippen LogP) is 2.37. The molecule has 1 atom stereocenters. The van der Waals surface area contributed by atoms with Crippen LogP contribution in [0.4, 0.5) is 0 Å². The number of sulfone groups is 1. The van der Waals surface area contributed by atoms with Gasteiger partial charge < -0.3 is 5.32 Å². The first-order valence-electron chi connectivity index (χ1n) is 7.39. The second-order valence-electron chi connectivity index (χ2n) is 5.53. The zero-order valence-corrected chi connectivity index (χ0v) is 14.0. The molecule has 6 heteroatoms. The third-order valence-corrected chi connectivity index (χ3v) is 5.61. The molecule has 1 unspecified atom stereocenters. The first-order valence-corrected chi connectivity index (χ1v) is 8.94. The van der Waals surface area contributed by atoms with Gasteiger partial charge in [-0.25, -0.2) is 8.42 Å². The van der Waals surface area contributed by atoms with Crippen LogP contribution in [0.25, 0.3) is 0 Å². The molecule has 2 rings (SSSR count). The van der Waals surface area contributed by atoms with Crippen molar-refractivity contribution in [2.75, 3.05) is 6.54 Å². The summed E-state index contributed by atoms with van der Waals surface area (Å²) < 4.78 is 25.9. The van der Waals surface area contributed by atoms with Gasteiger partial charge in [0.2, 0.25) is 5.91 Å². The highest BCUT2D eigenvalue weighted by Gasteiger charge is 2.29. The van der Waals surface area contributed by atoms with E-state index in [4.69, 9.17) is 0 Å². The lowest BCUT2D eigenvalue weighted by molar-refractivity contribution is -0.123. The van der Waals surface area contributed by atoms with Crippen LogP contribution in [0.15, 0.2) is 59.8 Å². The number of carbonyl (C=O) groups excluding carboxylic acids is 1. The van der Waals surface area contributed by atoms with Crippen LogP contribution in [-0.4, -0.2) is 25.9 Å². The minimum Gasteiger partial charge on any atom is -0.354 e. The van der Waals surface area contributed by atoms with Gasteiger partial charge in [-0.05, 0) is 23.8 Å². The Morgan fingerprint density at radius 1 is 1.13 bits per heavy atom. The average molecular weight is 332 g/mol. The molecule has 1 amide bonds. The zero-order valence-electron chi connectivity index (χ0n) is 13.1.